The summed E-state index contributed by atoms with van der Waals surface area (Å²) < 4.78 is 5.42. The van der Waals surface area contributed by atoms with Gasteiger partial charge in [-0.25, -0.2) is 0 Å². The molecule has 0 bridgehead atoms. The average Bonchev–Trinajstić information content (AvgIpc) is 2.99. The molecule has 5 nitrogen and oxygen atoms in total. The highest BCUT2D eigenvalue weighted by Gasteiger charge is 2.35. The predicted molar refractivity (Wildman–Crippen MR) is 66.9 cm³/mol. The van der Waals surface area contributed by atoms with Crippen molar-refractivity contribution in [2.75, 3.05) is 6.54 Å². The average molecular weight is 244 g/mol. The smallest absolute Gasteiger partial charge is 0.246 e. The van der Waals surface area contributed by atoms with E-state index < -0.39 is 0 Å². The number of hydrogen-bond acceptors (Lipinski definition) is 5. The molecule has 2 aromatic rings. The Labute approximate surface area is 106 Å². The van der Waals surface area contributed by atoms with Crippen LogP contribution in [0.1, 0.15) is 31.2 Å². The molecule has 1 aliphatic heterocycles. The third-order valence-corrected chi connectivity index (χ3v) is 3.53. The normalized spacial score (nSPS) is 23.4. The van der Waals surface area contributed by atoms with E-state index in [9.17, 15) is 0 Å². The van der Waals surface area contributed by atoms with Gasteiger partial charge in [0.1, 0.15) is 0 Å². The summed E-state index contributed by atoms with van der Waals surface area (Å²) in [6.45, 7) is 5.10. The minimum atomic E-state index is -0.174. The first-order valence-electron chi connectivity index (χ1n) is 6.19. The lowest BCUT2D eigenvalue weighted by Gasteiger charge is -2.18. The number of aryl methyl sites for hydroxylation is 1. The van der Waals surface area contributed by atoms with Crippen LogP contribution in [-0.2, 0) is 5.54 Å². The lowest BCUT2D eigenvalue weighted by atomic mass is 10.0. The van der Waals surface area contributed by atoms with Crippen LogP contribution in [0.5, 0.6) is 0 Å². The van der Waals surface area contributed by atoms with Gasteiger partial charge >= 0.3 is 0 Å². The molecule has 5 heteroatoms. The van der Waals surface area contributed by atoms with Crippen molar-refractivity contribution in [3.05, 3.63) is 29.9 Å². The van der Waals surface area contributed by atoms with E-state index in [4.69, 9.17) is 4.52 Å². The second kappa shape index (κ2) is 4.17. The molecule has 1 aliphatic rings. The minimum Gasteiger partial charge on any atom is -0.337 e. The van der Waals surface area contributed by atoms with E-state index in [1.165, 1.54) is 0 Å². The maximum absolute atomic E-state index is 5.42. The SMILES string of the molecule is Cc1cnccc1-c1noc(C2(C)CCCN2)n1. The molecule has 3 heterocycles. The van der Waals surface area contributed by atoms with Crippen LogP contribution in [0, 0.1) is 6.92 Å². The molecule has 1 atom stereocenters. The van der Waals surface area contributed by atoms with E-state index in [2.05, 4.69) is 27.4 Å². The Bertz CT molecular complexity index is 558. The molecule has 0 spiro atoms. The third-order valence-electron chi connectivity index (χ3n) is 3.53. The van der Waals surface area contributed by atoms with Gasteiger partial charge in [0, 0.05) is 18.0 Å². The molecule has 0 aromatic carbocycles. The van der Waals surface area contributed by atoms with Gasteiger partial charge in [0.05, 0.1) is 5.54 Å². The van der Waals surface area contributed by atoms with Crippen LogP contribution in [0.15, 0.2) is 23.0 Å². The molecule has 2 aromatic heterocycles. The fourth-order valence-electron chi connectivity index (χ4n) is 2.36. The molecule has 18 heavy (non-hydrogen) atoms. The summed E-state index contributed by atoms with van der Waals surface area (Å²) >= 11 is 0. The highest BCUT2D eigenvalue weighted by molar-refractivity contribution is 5.58. The van der Waals surface area contributed by atoms with Gasteiger partial charge in [-0.1, -0.05) is 5.16 Å². The molecule has 0 saturated carbocycles. The summed E-state index contributed by atoms with van der Waals surface area (Å²) in [5, 5.41) is 7.50. The Hall–Kier alpha value is -1.75. The zero-order valence-corrected chi connectivity index (χ0v) is 10.6. The molecular formula is C13H16N4O. The maximum atomic E-state index is 5.42. The van der Waals surface area contributed by atoms with Crippen molar-refractivity contribution in [1.29, 1.82) is 0 Å². The Morgan fingerprint density at radius 1 is 1.44 bits per heavy atom. The summed E-state index contributed by atoms with van der Waals surface area (Å²) in [6.07, 6.45) is 5.72. The van der Waals surface area contributed by atoms with Gasteiger partial charge in [-0.2, -0.15) is 4.98 Å². The van der Waals surface area contributed by atoms with Crippen molar-refractivity contribution >= 4 is 0 Å². The van der Waals surface area contributed by atoms with Crippen LogP contribution in [-0.4, -0.2) is 21.7 Å². The second-order valence-corrected chi connectivity index (χ2v) is 4.98. The summed E-state index contributed by atoms with van der Waals surface area (Å²) in [5.74, 6) is 1.31. The van der Waals surface area contributed by atoms with Crippen LogP contribution >= 0.6 is 0 Å². The van der Waals surface area contributed by atoms with Crippen LogP contribution in [0.3, 0.4) is 0 Å². The van der Waals surface area contributed by atoms with Crippen LogP contribution < -0.4 is 5.32 Å². The molecule has 1 saturated heterocycles. The fourth-order valence-corrected chi connectivity index (χ4v) is 2.36. The molecule has 1 N–H and O–H groups in total. The summed E-state index contributed by atoms with van der Waals surface area (Å²) in [6, 6.07) is 1.91. The molecular weight excluding hydrogens is 228 g/mol. The van der Waals surface area contributed by atoms with Crippen LogP contribution in [0.4, 0.5) is 0 Å². The molecule has 94 valence electrons. The number of nitrogens with zero attached hydrogens (tertiary/aromatic N) is 3. The van der Waals surface area contributed by atoms with Crippen molar-refractivity contribution in [3.63, 3.8) is 0 Å². The number of nitrogens with one attached hydrogen (secondary N) is 1. The number of aromatic nitrogens is 3. The summed E-state index contributed by atoms with van der Waals surface area (Å²) in [4.78, 5) is 8.60. The van der Waals surface area contributed by atoms with Crippen molar-refractivity contribution in [2.45, 2.75) is 32.2 Å². The van der Waals surface area contributed by atoms with E-state index in [-0.39, 0.29) is 5.54 Å². The van der Waals surface area contributed by atoms with Crippen molar-refractivity contribution < 1.29 is 4.52 Å². The zero-order chi connectivity index (χ0) is 12.6. The number of rotatable bonds is 2. The topological polar surface area (TPSA) is 63.8 Å². The van der Waals surface area contributed by atoms with Crippen LogP contribution in [0.25, 0.3) is 11.4 Å². The highest BCUT2D eigenvalue weighted by Crippen LogP contribution is 2.30. The second-order valence-electron chi connectivity index (χ2n) is 4.98. The zero-order valence-electron chi connectivity index (χ0n) is 10.6. The molecule has 0 aliphatic carbocycles. The first kappa shape index (κ1) is 11.3. The predicted octanol–water partition coefficient (Wildman–Crippen LogP) is 2.04. The standard InChI is InChI=1S/C13H16N4O/c1-9-8-14-7-4-10(9)11-16-12(18-17-11)13(2)5-3-6-15-13/h4,7-8,15H,3,5-6H2,1-2H3. The van der Waals surface area contributed by atoms with Gasteiger partial charge < -0.3 is 9.84 Å². The van der Waals surface area contributed by atoms with Crippen LogP contribution in [0.2, 0.25) is 0 Å². The van der Waals surface area contributed by atoms with Crippen molar-refractivity contribution in [1.82, 2.24) is 20.4 Å². The molecule has 1 fully saturated rings. The van der Waals surface area contributed by atoms with E-state index in [0.29, 0.717) is 11.7 Å². The Morgan fingerprint density at radius 3 is 3.06 bits per heavy atom. The summed E-state index contributed by atoms with van der Waals surface area (Å²) in [5.41, 5.74) is 1.85. The van der Waals surface area contributed by atoms with Gasteiger partial charge in [-0.05, 0) is 44.9 Å². The first-order valence-corrected chi connectivity index (χ1v) is 6.19. The Balaban J connectivity index is 1.97. The van der Waals surface area contributed by atoms with Gasteiger partial charge in [0.15, 0.2) is 0 Å². The van der Waals surface area contributed by atoms with Gasteiger partial charge in [0.25, 0.3) is 0 Å². The molecule has 1 unspecified atom stereocenters. The van der Waals surface area contributed by atoms with Crippen molar-refractivity contribution in [3.8, 4) is 11.4 Å². The van der Waals surface area contributed by atoms with E-state index in [0.717, 1.165) is 30.5 Å². The Morgan fingerprint density at radius 2 is 2.33 bits per heavy atom. The maximum Gasteiger partial charge on any atom is 0.246 e. The monoisotopic (exact) mass is 244 g/mol. The molecule has 3 rings (SSSR count). The van der Waals surface area contributed by atoms with Gasteiger partial charge in [-0.3, -0.25) is 4.98 Å². The Kier molecular flexibility index (Phi) is 2.63. The van der Waals surface area contributed by atoms with Crippen molar-refractivity contribution in [2.24, 2.45) is 0 Å². The van der Waals surface area contributed by atoms with E-state index in [1.807, 2.05) is 13.0 Å². The largest absolute Gasteiger partial charge is 0.337 e. The lowest BCUT2D eigenvalue weighted by molar-refractivity contribution is 0.275. The minimum absolute atomic E-state index is 0.174. The summed E-state index contributed by atoms with van der Waals surface area (Å²) in [7, 11) is 0. The lowest BCUT2D eigenvalue weighted by Crippen LogP contribution is -2.33. The first-order chi connectivity index (χ1) is 8.69. The fraction of sp³-hybridized carbons (Fsp3) is 0.462. The highest BCUT2D eigenvalue weighted by atomic mass is 16.5. The van der Waals surface area contributed by atoms with E-state index in [1.54, 1.807) is 12.4 Å². The van der Waals surface area contributed by atoms with E-state index >= 15 is 0 Å². The number of pyridine rings is 1. The molecule has 0 amide bonds. The molecule has 0 radical (unpaired) electrons. The van der Waals surface area contributed by atoms with Gasteiger partial charge in [0.2, 0.25) is 11.7 Å². The van der Waals surface area contributed by atoms with Gasteiger partial charge in [-0.15, -0.1) is 0 Å². The number of hydrogen-bond donors (Lipinski definition) is 1. The quantitative estimate of drug-likeness (QED) is 0.875. The third kappa shape index (κ3) is 1.80.